The molecular weight excluding hydrogens is 255 g/mol. The Kier molecular flexibility index (Phi) is 3.88. The van der Waals surface area contributed by atoms with Crippen molar-refractivity contribution in [3.8, 4) is 0 Å². The second kappa shape index (κ2) is 5.24. The highest BCUT2D eigenvalue weighted by atomic mass is 35.5. The van der Waals surface area contributed by atoms with Crippen LogP contribution in [0.3, 0.4) is 0 Å². The van der Waals surface area contributed by atoms with E-state index in [0.29, 0.717) is 10.6 Å². The molecule has 0 aliphatic heterocycles. The predicted octanol–water partition coefficient (Wildman–Crippen LogP) is 2.32. The summed E-state index contributed by atoms with van der Waals surface area (Å²) in [6, 6.07) is 4.13. The Bertz CT molecular complexity index is 440. The van der Waals surface area contributed by atoms with Crippen molar-refractivity contribution >= 4 is 17.5 Å². The van der Waals surface area contributed by atoms with Gasteiger partial charge in [-0.1, -0.05) is 17.7 Å². The average molecular weight is 271 g/mol. The van der Waals surface area contributed by atoms with E-state index in [1.807, 2.05) is 0 Å². The van der Waals surface area contributed by atoms with Gasteiger partial charge in [-0.3, -0.25) is 4.79 Å². The van der Waals surface area contributed by atoms with Crippen molar-refractivity contribution in [2.45, 2.75) is 38.4 Å². The van der Waals surface area contributed by atoms with Crippen molar-refractivity contribution in [1.82, 2.24) is 4.90 Å². The molecule has 0 radical (unpaired) electrons. The first-order valence-corrected chi connectivity index (χ1v) is 6.37. The molecule has 1 saturated carbocycles. The van der Waals surface area contributed by atoms with Gasteiger partial charge in [0.2, 0.25) is 5.91 Å². The van der Waals surface area contributed by atoms with Gasteiger partial charge in [-0.05, 0) is 31.9 Å². The van der Waals surface area contributed by atoms with E-state index in [1.165, 1.54) is 6.07 Å². The Morgan fingerprint density at radius 2 is 2.28 bits per heavy atom. The van der Waals surface area contributed by atoms with Gasteiger partial charge in [0.1, 0.15) is 5.82 Å². The Hall–Kier alpha value is -1.13. The molecule has 3 nitrogen and oxygen atoms in total. The highest BCUT2D eigenvalue weighted by molar-refractivity contribution is 6.31. The lowest BCUT2D eigenvalue weighted by Crippen LogP contribution is -2.43. The van der Waals surface area contributed by atoms with Gasteiger partial charge in [0, 0.05) is 16.6 Å². The number of benzene rings is 1. The minimum absolute atomic E-state index is 0.156. The highest BCUT2D eigenvalue weighted by Gasteiger charge is 2.34. The van der Waals surface area contributed by atoms with Gasteiger partial charge < -0.3 is 10.6 Å². The van der Waals surface area contributed by atoms with Gasteiger partial charge >= 0.3 is 0 Å². The van der Waals surface area contributed by atoms with Crippen LogP contribution in [0.4, 0.5) is 4.39 Å². The van der Waals surface area contributed by atoms with Crippen molar-refractivity contribution < 1.29 is 9.18 Å². The van der Waals surface area contributed by atoms with E-state index >= 15 is 0 Å². The van der Waals surface area contributed by atoms with Crippen LogP contribution in [0.1, 0.15) is 25.3 Å². The molecule has 0 aromatic heterocycles. The molecule has 2 rings (SSSR count). The Balaban J connectivity index is 2.21. The maximum absolute atomic E-state index is 13.7. The second-order valence-electron chi connectivity index (χ2n) is 4.69. The molecule has 1 fully saturated rings. The third-order valence-electron chi connectivity index (χ3n) is 3.05. The normalized spacial score (nSPS) is 16.4. The van der Waals surface area contributed by atoms with Crippen LogP contribution < -0.4 is 5.73 Å². The quantitative estimate of drug-likeness (QED) is 0.913. The summed E-state index contributed by atoms with van der Waals surface area (Å²) in [5.74, 6) is -0.539. The van der Waals surface area contributed by atoms with Crippen molar-refractivity contribution in [3.63, 3.8) is 0 Å². The average Bonchev–Trinajstić information content (AvgIpc) is 3.12. The molecule has 1 amide bonds. The van der Waals surface area contributed by atoms with Gasteiger partial charge in [0.05, 0.1) is 12.6 Å². The SMILES string of the molecule is C[C@@H](N)C(=O)N(Cc1c(F)cccc1Cl)C1CC1. The van der Waals surface area contributed by atoms with E-state index in [9.17, 15) is 9.18 Å². The zero-order chi connectivity index (χ0) is 13.3. The maximum atomic E-state index is 13.7. The van der Waals surface area contributed by atoms with Gasteiger partial charge in [-0.25, -0.2) is 4.39 Å². The first-order chi connectivity index (χ1) is 8.50. The Morgan fingerprint density at radius 3 is 2.78 bits per heavy atom. The number of hydrogen-bond donors (Lipinski definition) is 1. The van der Waals surface area contributed by atoms with Gasteiger partial charge in [0.25, 0.3) is 0 Å². The summed E-state index contributed by atoms with van der Waals surface area (Å²) in [4.78, 5) is 13.6. The number of nitrogens with two attached hydrogens (primary N) is 1. The summed E-state index contributed by atoms with van der Waals surface area (Å²) in [5.41, 5.74) is 5.98. The lowest BCUT2D eigenvalue weighted by molar-refractivity contribution is -0.133. The summed E-state index contributed by atoms with van der Waals surface area (Å²) >= 11 is 5.97. The lowest BCUT2D eigenvalue weighted by Gasteiger charge is -2.25. The number of carbonyl (C=O) groups excluding carboxylic acids is 1. The van der Waals surface area contributed by atoms with Crippen LogP contribution >= 0.6 is 11.6 Å². The van der Waals surface area contributed by atoms with E-state index in [4.69, 9.17) is 17.3 Å². The molecule has 0 saturated heterocycles. The molecule has 0 bridgehead atoms. The zero-order valence-electron chi connectivity index (χ0n) is 10.2. The second-order valence-corrected chi connectivity index (χ2v) is 5.09. The number of halogens is 2. The summed E-state index contributed by atoms with van der Waals surface area (Å²) in [6.45, 7) is 1.83. The Morgan fingerprint density at radius 1 is 1.61 bits per heavy atom. The number of carbonyl (C=O) groups is 1. The summed E-state index contributed by atoms with van der Waals surface area (Å²) < 4.78 is 13.7. The minimum atomic E-state index is -0.573. The fourth-order valence-corrected chi connectivity index (χ4v) is 2.11. The zero-order valence-corrected chi connectivity index (χ0v) is 11.0. The molecule has 98 valence electrons. The number of hydrogen-bond acceptors (Lipinski definition) is 2. The van der Waals surface area contributed by atoms with E-state index in [-0.39, 0.29) is 24.3 Å². The molecule has 1 atom stereocenters. The Labute approximate surface area is 111 Å². The summed E-state index contributed by atoms with van der Waals surface area (Å²) in [7, 11) is 0. The van der Waals surface area contributed by atoms with Crippen LogP contribution in [0.5, 0.6) is 0 Å². The largest absolute Gasteiger partial charge is 0.334 e. The van der Waals surface area contributed by atoms with Gasteiger partial charge in [0.15, 0.2) is 0 Å². The van der Waals surface area contributed by atoms with Crippen molar-refractivity contribution in [2.24, 2.45) is 5.73 Å². The molecule has 5 heteroatoms. The molecule has 1 aromatic carbocycles. The van der Waals surface area contributed by atoms with Crippen molar-refractivity contribution in [3.05, 3.63) is 34.6 Å². The van der Waals surface area contributed by atoms with Crippen molar-refractivity contribution in [2.75, 3.05) is 0 Å². The van der Waals surface area contributed by atoms with Crippen LogP contribution in [0.2, 0.25) is 5.02 Å². The monoisotopic (exact) mass is 270 g/mol. The maximum Gasteiger partial charge on any atom is 0.239 e. The molecule has 2 N–H and O–H groups in total. The smallest absolute Gasteiger partial charge is 0.239 e. The molecule has 18 heavy (non-hydrogen) atoms. The molecule has 0 spiro atoms. The minimum Gasteiger partial charge on any atom is -0.334 e. The van der Waals surface area contributed by atoms with Crippen molar-refractivity contribution in [1.29, 1.82) is 0 Å². The predicted molar refractivity (Wildman–Crippen MR) is 68.6 cm³/mol. The first kappa shape index (κ1) is 13.3. The fraction of sp³-hybridized carbons (Fsp3) is 0.462. The van der Waals surface area contributed by atoms with E-state index in [2.05, 4.69) is 0 Å². The third-order valence-corrected chi connectivity index (χ3v) is 3.40. The molecule has 1 aliphatic rings. The van der Waals surface area contributed by atoms with E-state index in [1.54, 1.807) is 24.0 Å². The van der Waals surface area contributed by atoms with Gasteiger partial charge in [-0.15, -0.1) is 0 Å². The van der Waals surface area contributed by atoms with Crippen LogP contribution in [0, 0.1) is 5.82 Å². The van der Waals surface area contributed by atoms with Crippen LogP contribution in [-0.2, 0) is 11.3 Å². The first-order valence-electron chi connectivity index (χ1n) is 5.99. The van der Waals surface area contributed by atoms with Gasteiger partial charge in [-0.2, -0.15) is 0 Å². The summed E-state index contributed by atoms with van der Waals surface area (Å²) in [6.07, 6.45) is 1.90. The fourth-order valence-electron chi connectivity index (χ4n) is 1.89. The number of amides is 1. The van der Waals surface area contributed by atoms with E-state index < -0.39 is 6.04 Å². The highest BCUT2D eigenvalue weighted by Crippen LogP contribution is 2.31. The van der Waals surface area contributed by atoms with Crippen LogP contribution in [-0.4, -0.2) is 22.9 Å². The third kappa shape index (κ3) is 2.82. The topological polar surface area (TPSA) is 46.3 Å². The lowest BCUT2D eigenvalue weighted by atomic mass is 10.1. The standard InChI is InChI=1S/C13H16ClFN2O/c1-8(16)13(18)17(9-5-6-9)7-10-11(14)3-2-4-12(10)15/h2-4,8-9H,5-7,16H2,1H3/t8-/m1/s1. The number of nitrogens with zero attached hydrogens (tertiary/aromatic N) is 1. The molecular formula is C13H16ClFN2O. The molecule has 1 aliphatic carbocycles. The molecule has 0 unspecified atom stereocenters. The molecule has 0 heterocycles. The van der Waals surface area contributed by atoms with Crippen LogP contribution in [0.15, 0.2) is 18.2 Å². The van der Waals surface area contributed by atoms with Crippen LogP contribution in [0.25, 0.3) is 0 Å². The number of rotatable bonds is 4. The van der Waals surface area contributed by atoms with E-state index in [0.717, 1.165) is 12.8 Å². The molecule has 1 aromatic rings. The summed E-state index contributed by atoms with van der Waals surface area (Å²) in [5, 5.41) is 0.345.